The van der Waals surface area contributed by atoms with Gasteiger partial charge in [0.15, 0.2) is 5.69 Å². The number of carboxylic acid groups (broad SMARTS) is 1. The van der Waals surface area contributed by atoms with Crippen molar-refractivity contribution >= 4 is 12.0 Å². The van der Waals surface area contributed by atoms with E-state index < -0.39 is 11.7 Å². The van der Waals surface area contributed by atoms with E-state index in [0.29, 0.717) is 24.6 Å². The third kappa shape index (κ3) is 5.37. The SMILES string of the molecule is O=C(O)N1CCN(C(=O)c2ncn([C@@H]3CCCC[C@@]3(O)CC3CC3)c2-c2ccccc2)[C@H](Cc2ccccc2)C1. The Balaban J connectivity index is 1.37. The van der Waals surface area contributed by atoms with Gasteiger partial charge in [0.2, 0.25) is 0 Å². The molecule has 3 aliphatic rings. The Bertz CT molecular complexity index is 1340. The fourth-order valence-electron chi connectivity index (χ4n) is 6.79. The molecule has 3 atom stereocenters. The maximum absolute atomic E-state index is 14.3. The van der Waals surface area contributed by atoms with Gasteiger partial charge in [-0.25, -0.2) is 9.78 Å². The number of carbonyl (C=O) groups is 2. The Labute approximate surface area is 235 Å². The number of aromatic nitrogens is 2. The van der Waals surface area contributed by atoms with Crippen LogP contribution in [-0.2, 0) is 6.42 Å². The molecule has 2 N–H and O–H groups in total. The first kappa shape index (κ1) is 26.6. The molecule has 0 unspecified atom stereocenters. The van der Waals surface area contributed by atoms with Gasteiger partial charge >= 0.3 is 6.09 Å². The molecule has 2 aromatic carbocycles. The molecule has 2 saturated carbocycles. The molecule has 3 aromatic rings. The molecule has 6 rings (SSSR count). The highest BCUT2D eigenvalue weighted by Crippen LogP contribution is 2.48. The minimum atomic E-state index is -0.966. The summed E-state index contributed by atoms with van der Waals surface area (Å²) in [5.74, 6) is 0.393. The van der Waals surface area contributed by atoms with Crippen molar-refractivity contribution in [1.82, 2.24) is 19.4 Å². The normalized spacial score (nSPS) is 25.1. The highest BCUT2D eigenvalue weighted by Gasteiger charge is 2.45. The molecule has 40 heavy (non-hydrogen) atoms. The van der Waals surface area contributed by atoms with Crippen molar-refractivity contribution in [2.75, 3.05) is 19.6 Å². The van der Waals surface area contributed by atoms with Crippen LogP contribution in [0.5, 0.6) is 0 Å². The highest BCUT2D eigenvalue weighted by atomic mass is 16.4. The average molecular weight is 543 g/mol. The van der Waals surface area contributed by atoms with Gasteiger partial charge in [-0.2, -0.15) is 0 Å². The van der Waals surface area contributed by atoms with Crippen LogP contribution in [0.2, 0.25) is 0 Å². The van der Waals surface area contributed by atoms with Crippen molar-refractivity contribution in [1.29, 1.82) is 0 Å². The summed E-state index contributed by atoms with van der Waals surface area (Å²) in [6, 6.07) is 19.3. The van der Waals surface area contributed by atoms with Gasteiger partial charge in [0.05, 0.1) is 29.7 Å². The van der Waals surface area contributed by atoms with Gasteiger partial charge in [0.25, 0.3) is 5.91 Å². The van der Waals surface area contributed by atoms with E-state index in [9.17, 15) is 19.8 Å². The maximum atomic E-state index is 14.3. The summed E-state index contributed by atoms with van der Waals surface area (Å²) in [5, 5.41) is 21.6. The van der Waals surface area contributed by atoms with Crippen LogP contribution >= 0.6 is 0 Å². The van der Waals surface area contributed by atoms with Crippen molar-refractivity contribution in [3.8, 4) is 11.3 Å². The van der Waals surface area contributed by atoms with Gasteiger partial charge in [-0.05, 0) is 37.2 Å². The Kier molecular flexibility index (Phi) is 7.36. The van der Waals surface area contributed by atoms with Gasteiger partial charge in [-0.1, -0.05) is 86.3 Å². The lowest BCUT2D eigenvalue weighted by atomic mass is 9.76. The van der Waals surface area contributed by atoms with Gasteiger partial charge in [-0.3, -0.25) is 4.79 Å². The minimum absolute atomic E-state index is 0.143. The molecular weight excluding hydrogens is 504 g/mol. The number of nitrogens with zero attached hydrogens (tertiary/aromatic N) is 4. The van der Waals surface area contributed by atoms with E-state index in [1.54, 1.807) is 6.33 Å². The zero-order valence-corrected chi connectivity index (χ0v) is 22.9. The molecular formula is C32H38N4O4. The molecule has 3 fully saturated rings. The fourth-order valence-corrected chi connectivity index (χ4v) is 6.79. The molecule has 8 heteroatoms. The Morgan fingerprint density at radius 1 is 0.950 bits per heavy atom. The predicted molar refractivity (Wildman–Crippen MR) is 152 cm³/mol. The predicted octanol–water partition coefficient (Wildman–Crippen LogP) is 5.24. The van der Waals surface area contributed by atoms with E-state index in [2.05, 4.69) is 4.57 Å². The molecule has 8 nitrogen and oxygen atoms in total. The third-order valence-corrected chi connectivity index (χ3v) is 9.00. The van der Waals surface area contributed by atoms with Crippen molar-refractivity contribution in [3.63, 3.8) is 0 Å². The third-order valence-electron chi connectivity index (χ3n) is 9.00. The maximum Gasteiger partial charge on any atom is 0.407 e. The first-order chi connectivity index (χ1) is 19.4. The van der Waals surface area contributed by atoms with Crippen LogP contribution in [0.3, 0.4) is 0 Å². The van der Waals surface area contributed by atoms with Crippen LogP contribution in [0.25, 0.3) is 11.3 Å². The number of hydrogen-bond donors (Lipinski definition) is 2. The van der Waals surface area contributed by atoms with Crippen LogP contribution in [0, 0.1) is 5.92 Å². The van der Waals surface area contributed by atoms with Crippen LogP contribution in [0.4, 0.5) is 4.79 Å². The van der Waals surface area contributed by atoms with Crippen molar-refractivity contribution < 1.29 is 19.8 Å². The quantitative estimate of drug-likeness (QED) is 0.425. The van der Waals surface area contributed by atoms with Crippen molar-refractivity contribution in [2.45, 2.75) is 69.1 Å². The standard InChI is InChI=1S/C32H38N4O4/c37-30(35-18-17-34(31(38)39)21-26(35)19-23-9-3-1-4-10-23)28-29(25-11-5-2-6-12-25)36(22-33-28)27-13-7-8-16-32(27,40)20-24-14-15-24/h1-6,9-12,22,24,26-27,40H,7-8,13-21H2,(H,38,39)/t26-,27-,32-/m1/s1. The summed E-state index contributed by atoms with van der Waals surface area (Å²) in [6.45, 7) is 0.817. The first-order valence-corrected chi connectivity index (χ1v) is 14.6. The number of carbonyl (C=O) groups excluding carboxylic acids is 1. The highest BCUT2D eigenvalue weighted by molar-refractivity contribution is 5.98. The van der Waals surface area contributed by atoms with Crippen LogP contribution < -0.4 is 0 Å². The molecule has 1 saturated heterocycles. The average Bonchev–Trinajstić information content (AvgIpc) is 3.67. The summed E-state index contributed by atoms with van der Waals surface area (Å²) >= 11 is 0. The molecule has 2 heterocycles. The monoisotopic (exact) mass is 542 g/mol. The second-order valence-corrected chi connectivity index (χ2v) is 11.8. The smallest absolute Gasteiger partial charge is 0.407 e. The summed E-state index contributed by atoms with van der Waals surface area (Å²) in [5.41, 5.74) is 2.25. The summed E-state index contributed by atoms with van der Waals surface area (Å²) < 4.78 is 2.07. The van der Waals surface area contributed by atoms with Gasteiger partial charge in [0, 0.05) is 25.2 Å². The second kappa shape index (κ2) is 11.1. The van der Waals surface area contributed by atoms with Gasteiger partial charge in [-0.15, -0.1) is 0 Å². The molecule has 2 amide bonds. The molecule has 0 bridgehead atoms. The van der Waals surface area contributed by atoms with E-state index in [1.807, 2.05) is 65.6 Å². The van der Waals surface area contributed by atoms with Crippen LogP contribution in [0.15, 0.2) is 67.0 Å². The van der Waals surface area contributed by atoms with E-state index in [4.69, 9.17) is 4.98 Å². The lowest BCUT2D eigenvalue weighted by Crippen LogP contribution is -2.57. The molecule has 0 radical (unpaired) electrons. The Morgan fingerprint density at radius 2 is 1.68 bits per heavy atom. The molecule has 210 valence electrons. The van der Waals surface area contributed by atoms with E-state index in [-0.39, 0.29) is 31.1 Å². The van der Waals surface area contributed by atoms with Crippen molar-refractivity contribution in [2.24, 2.45) is 5.92 Å². The largest absolute Gasteiger partial charge is 0.465 e. The first-order valence-electron chi connectivity index (χ1n) is 14.6. The van der Waals surface area contributed by atoms with Gasteiger partial charge < -0.3 is 24.6 Å². The second-order valence-electron chi connectivity index (χ2n) is 11.8. The zero-order chi connectivity index (χ0) is 27.7. The number of aliphatic hydroxyl groups is 1. The lowest BCUT2D eigenvalue weighted by Gasteiger charge is -2.42. The fraction of sp³-hybridized carbons (Fsp3) is 0.469. The zero-order valence-electron chi connectivity index (χ0n) is 22.9. The van der Waals surface area contributed by atoms with Gasteiger partial charge in [0.1, 0.15) is 0 Å². The number of hydrogen-bond acceptors (Lipinski definition) is 4. The van der Waals surface area contributed by atoms with Crippen LogP contribution in [0.1, 0.15) is 67.0 Å². The Morgan fingerprint density at radius 3 is 2.38 bits per heavy atom. The lowest BCUT2D eigenvalue weighted by molar-refractivity contribution is -0.0518. The molecule has 1 aliphatic heterocycles. The van der Waals surface area contributed by atoms with E-state index in [0.717, 1.165) is 48.9 Å². The molecule has 0 spiro atoms. The summed E-state index contributed by atoms with van der Waals surface area (Å²) in [7, 11) is 0. The van der Waals surface area contributed by atoms with Crippen molar-refractivity contribution in [3.05, 3.63) is 78.2 Å². The topological polar surface area (TPSA) is 98.9 Å². The van der Waals surface area contributed by atoms with E-state index in [1.165, 1.54) is 17.7 Å². The molecule has 1 aromatic heterocycles. The van der Waals surface area contributed by atoms with E-state index >= 15 is 0 Å². The summed E-state index contributed by atoms with van der Waals surface area (Å²) in [4.78, 5) is 34.1. The van der Waals surface area contributed by atoms with Crippen LogP contribution in [-0.4, -0.2) is 72.8 Å². The number of imidazole rings is 1. The molecule has 2 aliphatic carbocycles. The summed E-state index contributed by atoms with van der Waals surface area (Å²) in [6.07, 6.45) is 8.15. The Hall–Kier alpha value is -3.65. The number of piperazine rings is 1. The number of rotatable bonds is 7. The number of benzene rings is 2. The minimum Gasteiger partial charge on any atom is -0.465 e. The number of amides is 2.